The number of carbonyl (C=O) groups is 1. The molecule has 150 valence electrons. The molecule has 2 heterocycles. The normalized spacial score (nSPS) is 13.5. The van der Waals surface area contributed by atoms with Gasteiger partial charge in [-0.25, -0.2) is 0 Å². The number of anilines is 1. The fraction of sp³-hybridized carbons (Fsp3) is 0.318. The first-order valence-electron chi connectivity index (χ1n) is 9.76. The van der Waals surface area contributed by atoms with Crippen LogP contribution >= 0.6 is 0 Å². The second-order valence-electron chi connectivity index (χ2n) is 7.06. The van der Waals surface area contributed by atoms with Crippen molar-refractivity contribution in [2.75, 3.05) is 25.5 Å². The third kappa shape index (κ3) is 3.94. The Morgan fingerprint density at radius 1 is 1.17 bits per heavy atom. The Labute approximate surface area is 169 Å². The van der Waals surface area contributed by atoms with Gasteiger partial charge in [0.25, 0.3) is 5.91 Å². The zero-order valence-electron chi connectivity index (χ0n) is 16.6. The lowest BCUT2D eigenvalue weighted by molar-refractivity contribution is 0.0793. The summed E-state index contributed by atoms with van der Waals surface area (Å²) in [4.78, 5) is 19.4. The first-order valence-corrected chi connectivity index (χ1v) is 9.76. The molecule has 0 spiro atoms. The number of methoxy groups -OCH3 is 1. The zero-order valence-corrected chi connectivity index (χ0v) is 16.6. The van der Waals surface area contributed by atoms with E-state index >= 15 is 0 Å². The van der Waals surface area contributed by atoms with Gasteiger partial charge in [0.1, 0.15) is 5.75 Å². The molecular weight excluding hydrogens is 368 g/mol. The number of rotatable bonds is 6. The summed E-state index contributed by atoms with van der Waals surface area (Å²) in [5.74, 6) is 1.66. The van der Waals surface area contributed by atoms with E-state index in [1.54, 1.807) is 7.11 Å². The number of ether oxygens (including phenoxy) is 1. The van der Waals surface area contributed by atoms with E-state index < -0.39 is 0 Å². The number of nitrogens with one attached hydrogen (secondary N) is 1. The molecule has 1 saturated heterocycles. The topological polar surface area (TPSA) is 80.5 Å². The number of likely N-dealkylation sites (tertiary alicyclic amines) is 1. The van der Waals surface area contributed by atoms with Crippen LogP contribution in [-0.4, -0.2) is 41.1 Å². The summed E-state index contributed by atoms with van der Waals surface area (Å²) in [6.45, 7) is 3.92. The fourth-order valence-corrected chi connectivity index (χ4v) is 3.61. The van der Waals surface area contributed by atoms with E-state index in [4.69, 9.17) is 9.26 Å². The number of carbonyl (C=O) groups excluding carboxylic acids is 1. The highest BCUT2D eigenvalue weighted by Crippen LogP contribution is 2.28. The molecule has 3 aromatic rings. The van der Waals surface area contributed by atoms with Crippen molar-refractivity contribution in [1.29, 1.82) is 0 Å². The van der Waals surface area contributed by atoms with Crippen LogP contribution in [0, 0.1) is 6.92 Å². The van der Waals surface area contributed by atoms with Crippen LogP contribution in [0.1, 0.15) is 34.7 Å². The Hall–Kier alpha value is -3.35. The molecule has 1 aromatic heterocycles. The van der Waals surface area contributed by atoms with Crippen molar-refractivity contribution in [3.05, 3.63) is 59.5 Å². The minimum Gasteiger partial charge on any atom is -0.496 e. The summed E-state index contributed by atoms with van der Waals surface area (Å²) in [7, 11) is 1.61. The quantitative estimate of drug-likeness (QED) is 0.685. The van der Waals surface area contributed by atoms with Gasteiger partial charge in [-0.15, -0.1) is 0 Å². The Morgan fingerprint density at radius 2 is 1.97 bits per heavy atom. The first-order chi connectivity index (χ1) is 14.2. The van der Waals surface area contributed by atoms with E-state index in [9.17, 15) is 4.79 Å². The van der Waals surface area contributed by atoms with Crippen LogP contribution in [0.2, 0.25) is 0 Å². The second-order valence-corrected chi connectivity index (χ2v) is 7.06. The van der Waals surface area contributed by atoms with Gasteiger partial charge in [-0.05, 0) is 43.5 Å². The molecule has 1 fully saturated rings. The average molecular weight is 392 g/mol. The molecule has 1 amide bonds. The molecule has 7 nitrogen and oxygen atoms in total. The lowest BCUT2D eigenvalue weighted by Gasteiger charge is -2.19. The van der Waals surface area contributed by atoms with E-state index in [0.717, 1.165) is 42.7 Å². The van der Waals surface area contributed by atoms with Crippen molar-refractivity contribution in [3.63, 3.8) is 0 Å². The summed E-state index contributed by atoms with van der Waals surface area (Å²) < 4.78 is 10.8. The van der Waals surface area contributed by atoms with E-state index in [1.165, 1.54) is 0 Å². The molecule has 0 radical (unpaired) electrons. The smallest absolute Gasteiger partial charge is 0.256 e. The standard InChI is InChI=1S/C22H24N4O3/c1-15-8-7-10-17(20(15)22(27)26-12-5-6-13-26)23-14-19-24-21(25-29-19)16-9-3-4-11-18(16)28-2/h3-4,7-11,23H,5-6,12-14H2,1-2H3. The maximum atomic E-state index is 13.0. The molecule has 1 aliphatic heterocycles. The zero-order chi connectivity index (χ0) is 20.2. The van der Waals surface area contributed by atoms with Crippen molar-refractivity contribution in [2.24, 2.45) is 0 Å². The lowest BCUT2D eigenvalue weighted by atomic mass is 10.0. The third-order valence-corrected chi connectivity index (χ3v) is 5.13. The number of nitrogens with zero attached hydrogens (tertiary/aromatic N) is 3. The van der Waals surface area contributed by atoms with Crippen LogP contribution in [-0.2, 0) is 6.54 Å². The maximum Gasteiger partial charge on any atom is 0.256 e. The monoisotopic (exact) mass is 392 g/mol. The molecule has 0 aliphatic carbocycles. The SMILES string of the molecule is COc1ccccc1-c1noc(CNc2cccc(C)c2C(=O)N2CCCC2)n1. The lowest BCUT2D eigenvalue weighted by Crippen LogP contribution is -2.29. The highest BCUT2D eigenvalue weighted by atomic mass is 16.5. The average Bonchev–Trinajstić information content (AvgIpc) is 3.44. The number of aryl methyl sites for hydroxylation is 1. The van der Waals surface area contributed by atoms with Crippen molar-refractivity contribution in [1.82, 2.24) is 15.0 Å². The van der Waals surface area contributed by atoms with Gasteiger partial charge in [0.05, 0.1) is 24.8 Å². The highest BCUT2D eigenvalue weighted by Gasteiger charge is 2.23. The molecular formula is C22H24N4O3. The summed E-state index contributed by atoms with van der Waals surface area (Å²) in [6.07, 6.45) is 2.13. The van der Waals surface area contributed by atoms with Gasteiger partial charge in [0.15, 0.2) is 0 Å². The predicted molar refractivity (Wildman–Crippen MR) is 110 cm³/mol. The van der Waals surface area contributed by atoms with Crippen molar-refractivity contribution >= 4 is 11.6 Å². The molecule has 1 aliphatic rings. The van der Waals surface area contributed by atoms with Gasteiger partial charge in [0, 0.05) is 18.8 Å². The van der Waals surface area contributed by atoms with Crippen LogP contribution in [0.5, 0.6) is 5.75 Å². The second kappa shape index (κ2) is 8.34. The highest BCUT2D eigenvalue weighted by molar-refractivity contribution is 6.01. The summed E-state index contributed by atoms with van der Waals surface area (Å²) in [5, 5.41) is 7.36. The van der Waals surface area contributed by atoms with Crippen LogP contribution in [0.25, 0.3) is 11.4 Å². The third-order valence-electron chi connectivity index (χ3n) is 5.13. The van der Waals surface area contributed by atoms with E-state index in [1.807, 2.05) is 54.3 Å². The largest absolute Gasteiger partial charge is 0.496 e. The van der Waals surface area contributed by atoms with Gasteiger partial charge in [-0.2, -0.15) is 4.98 Å². The maximum absolute atomic E-state index is 13.0. The Balaban J connectivity index is 1.52. The van der Waals surface area contributed by atoms with Crippen LogP contribution in [0.15, 0.2) is 47.0 Å². The molecule has 0 bridgehead atoms. The van der Waals surface area contributed by atoms with Crippen LogP contribution < -0.4 is 10.1 Å². The Morgan fingerprint density at radius 3 is 2.76 bits per heavy atom. The van der Waals surface area contributed by atoms with Gasteiger partial charge in [-0.3, -0.25) is 4.79 Å². The Kier molecular flexibility index (Phi) is 5.46. The fourth-order valence-electron chi connectivity index (χ4n) is 3.61. The molecule has 0 atom stereocenters. The number of hydrogen-bond donors (Lipinski definition) is 1. The number of hydrogen-bond acceptors (Lipinski definition) is 6. The molecule has 29 heavy (non-hydrogen) atoms. The van der Waals surface area contributed by atoms with Crippen LogP contribution in [0.3, 0.4) is 0 Å². The van der Waals surface area contributed by atoms with Gasteiger partial charge >= 0.3 is 0 Å². The van der Waals surface area contributed by atoms with E-state index in [0.29, 0.717) is 29.6 Å². The first kappa shape index (κ1) is 19.0. The van der Waals surface area contributed by atoms with Gasteiger partial charge < -0.3 is 19.5 Å². The molecule has 2 aromatic carbocycles. The molecule has 1 N–H and O–H groups in total. The molecule has 0 unspecified atom stereocenters. The van der Waals surface area contributed by atoms with Crippen molar-refractivity contribution < 1.29 is 14.1 Å². The summed E-state index contributed by atoms with van der Waals surface area (Å²) >= 11 is 0. The minimum atomic E-state index is 0.0725. The number of benzene rings is 2. The minimum absolute atomic E-state index is 0.0725. The van der Waals surface area contributed by atoms with Gasteiger partial charge in [0.2, 0.25) is 11.7 Å². The summed E-state index contributed by atoms with van der Waals surface area (Å²) in [6, 6.07) is 13.3. The number of para-hydroxylation sites is 1. The molecule has 0 saturated carbocycles. The summed E-state index contributed by atoms with van der Waals surface area (Å²) in [5.41, 5.74) is 3.20. The number of aromatic nitrogens is 2. The Bertz CT molecular complexity index is 1010. The molecule has 7 heteroatoms. The van der Waals surface area contributed by atoms with Crippen LogP contribution in [0.4, 0.5) is 5.69 Å². The molecule has 4 rings (SSSR count). The van der Waals surface area contributed by atoms with E-state index in [2.05, 4.69) is 15.5 Å². The number of amides is 1. The van der Waals surface area contributed by atoms with Crippen molar-refractivity contribution in [2.45, 2.75) is 26.3 Å². The van der Waals surface area contributed by atoms with Crippen molar-refractivity contribution in [3.8, 4) is 17.1 Å². The van der Waals surface area contributed by atoms with E-state index in [-0.39, 0.29) is 5.91 Å². The predicted octanol–water partition coefficient (Wildman–Crippen LogP) is 3.90. The van der Waals surface area contributed by atoms with Gasteiger partial charge in [-0.1, -0.05) is 29.4 Å².